The molecule has 12 heavy (non-hydrogen) atoms. The largest absolute Gasteiger partial charge is 0.205 e. The maximum Gasteiger partial charge on any atom is 0.141 e. The number of nitriles is 1. The first kappa shape index (κ1) is 10.2. The van der Waals surface area contributed by atoms with Crippen LogP contribution in [0.2, 0.25) is 0 Å². The van der Waals surface area contributed by atoms with Gasteiger partial charge in [-0.15, -0.1) is 0 Å². The Hall–Kier alpha value is 0.1000. The second-order valence-electron chi connectivity index (χ2n) is 2.17. The monoisotopic (exact) mass is 387 g/mol. The summed E-state index contributed by atoms with van der Waals surface area (Å²) in [6.45, 7) is 0. The van der Waals surface area contributed by atoms with Gasteiger partial charge in [-0.3, -0.25) is 0 Å². The molecule has 0 aliphatic rings. The third-order valence-corrected chi connectivity index (χ3v) is 4.37. The molecule has 1 aromatic rings. The first-order chi connectivity index (χ1) is 5.66. The van der Waals surface area contributed by atoms with Crippen LogP contribution >= 0.6 is 45.2 Å². The summed E-state index contributed by atoms with van der Waals surface area (Å²) in [5, 5.41) is 8.38. The molecule has 0 aromatic heterocycles. The summed E-state index contributed by atoms with van der Waals surface area (Å²) < 4.78 is 14.8. The van der Waals surface area contributed by atoms with E-state index in [4.69, 9.17) is 5.26 Å². The lowest BCUT2D eigenvalue weighted by molar-refractivity contribution is 0.606. The van der Waals surface area contributed by atoms with E-state index in [-0.39, 0.29) is 12.2 Å². The van der Waals surface area contributed by atoms with E-state index in [1.54, 1.807) is 6.07 Å². The molecule has 0 amide bonds. The highest BCUT2D eigenvalue weighted by molar-refractivity contribution is 14.1. The average molecular weight is 387 g/mol. The van der Waals surface area contributed by atoms with Crippen LogP contribution in [0.15, 0.2) is 12.1 Å². The standard InChI is InChI=1S/C8H4FI2N/c9-7-5(3-4-12)1-2-6(10)8(7)11/h1-2H,3H2. The van der Waals surface area contributed by atoms with Gasteiger partial charge in [-0.1, -0.05) is 6.07 Å². The van der Waals surface area contributed by atoms with E-state index >= 15 is 0 Å². The number of benzene rings is 1. The van der Waals surface area contributed by atoms with E-state index in [1.807, 2.05) is 34.7 Å². The summed E-state index contributed by atoms with van der Waals surface area (Å²) in [4.78, 5) is 0. The van der Waals surface area contributed by atoms with Crippen molar-refractivity contribution in [3.05, 3.63) is 30.7 Å². The normalized spacial score (nSPS) is 9.50. The smallest absolute Gasteiger partial charge is 0.141 e. The van der Waals surface area contributed by atoms with Crippen LogP contribution in [0, 0.1) is 24.3 Å². The molecule has 0 saturated heterocycles. The van der Waals surface area contributed by atoms with Crippen molar-refractivity contribution in [3.63, 3.8) is 0 Å². The van der Waals surface area contributed by atoms with Gasteiger partial charge in [-0.25, -0.2) is 4.39 Å². The second-order valence-corrected chi connectivity index (χ2v) is 4.41. The number of hydrogen-bond donors (Lipinski definition) is 0. The van der Waals surface area contributed by atoms with Crippen molar-refractivity contribution in [3.8, 4) is 6.07 Å². The van der Waals surface area contributed by atoms with Crippen LogP contribution in [0.25, 0.3) is 0 Å². The molecular formula is C8H4FI2N. The van der Waals surface area contributed by atoms with Gasteiger partial charge in [-0.2, -0.15) is 5.26 Å². The fourth-order valence-corrected chi connectivity index (χ4v) is 1.73. The highest BCUT2D eigenvalue weighted by atomic mass is 127. The van der Waals surface area contributed by atoms with Gasteiger partial charge < -0.3 is 0 Å². The minimum absolute atomic E-state index is 0.138. The van der Waals surface area contributed by atoms with Crippen molar-refractivity contribution in [2.75, 3.05) is 0 Å². The minimum atomic E-state index is -0.260. The van der Waals surface area contributed by atoms with Crippen LogP contribution in [-0.4, -0.2) is 0 Å². The molecule has 0 heterocycles. The highest BCUT2D eigenvalue weighted by Crippen LogP contribution is 2.21. The predicted octanol–water partition coefficient (Wildman–Crippen LogP) is 3.10. The minimum Gasteiger partial charge on any atom is -0.205 e. The molecule has 4 heteroatoms. The van der Waals surface area contributed by atoms with Gasteiger partial charge in [0.25, 0.3) is 0 Å². The van der Waals surface area contributed by atoms with E-state index < -0.39 is 0 Å². The van der Waals surface area contributed by atoms with Gasteiger partial charge in [0.1, 0.15) is 5.82 Å². The molecule has 0 radical (unpaired) electrons. The SMILES string of the molecule is N#CCc1ccc(I)c(I)c1F. The Morgan fingerprint density at radius 2 is 2.08 bits per heavy atom. The first-order valence-corrected chi connectivity index (χ1v) is 5.32. The number of nitrogens with zero attached hydrogens (tertiary/aromatic N) is 1. The topological polar surface area (TPSA) is 23.8 Å². The molecule has 0 N–H and O–H groups in total. The molecule has 1 nitrogen and oxygen atoms in total. The molecule has 0 saturated carbocycles. The van der Waals surface area contributed by atoms with Gasteiger partial charge in [-0.05, 0) is 51.2 Å². The molecule has 0 aliphatic carbocycles. The summed E-state index contributed by atoms with van der Waals surface area (Å²) in [5.74, 6) is -0.260. The quantitative estimate of drug-likeness (QED) is 0.537. The van der Waals surface area contributed by atoms with Crippen molar-refractivity contribution in [2.45, 2.75) is 6.42 Å². The van der Waals surface area contributed by atoms with E-state index in [9.17, 15) is 4.39 Å². The van der Waals surface area contributed by atoms with E-state index in [1.165, 1.54) is 0 Å². The lowest BCUT2D eigenvalue weighted by Gasteiger charge is -2.01. The summed E-state index contributed by atoms with van der Waals surface area (Å²) >= 11 is 4.01. The molecule has 0 unspecified atom stereocenters. The fraction of sp³-hybridized carbons (Fsp3) is 0.125. The van der Waals surface area contributed by atoms with Gasteiger partial charge >= 0.3 is 0 Å². The number of halogens is 3. The lowest BCUT2D eigenvalue weighted by atomic mass is 10.1. The maximum absolute atomic E-state index is 13.3. The van der Waals surface area contributed by atoms with Gasteiger partial charge in [0.2, 0.25) is 0 Å². The Morgan fingerprint density at radius 3 is 2.67 bits per heavy atom. The van der Waals surface area contributed by atoms with Crippen LogP contribution in [-0.2, 0) is 6.42 Å². The Balaban J connectivity index is 3.19. The van der Waals surface area contributed by atoms with Crippen molar-refractivity contribution >= 4 is 45.2 Å². The third kappa shape index (κ3) is 2.07. The third-order valence-electron chi connectivity index (χ3n) is 1.38. The van der Waals surface area contributed by atoms with E-state index in [0.717, 1.165) is 3.57 Å². The summed E-state index contributed by atoms with van der Waals surface area (Å²) in [6.07, 6.45) is 0.138. The summed E-state index contributed by atoms with van der Waals surface area (Å²) in [6, 6.07) is 5.40. The molecule has 1 rings (SSSR count). The van der Waals surface area contributed by atoms with E-state index in [0.29, 0.717) is 9.13 Å². The zero-order chi connectivity index (χ0) is 9.14. The molecule has 0 aliphatic heterocycles. The first-order valence-electron chi connectivity index (χ1n) is 3.16. The summed E-state index contributed by atoms with van der Waals surface area (Å²) in [7, 11) is 0. The summed E-state index contributed by atoms with van der Waals surface area (Å²) in [5.41, 5.74) is 0.474. The van der Waals surface area contributed by atoms with Crippen molar-refractivity contribution in [1.29, 1.82) is 5.26 Å². The molecule has 0 fully saturated rings. The fourth-order valence-electron chi connectivity index (χ4n) is 0.788. The Bertz CT molecular complexity index is 344. The Kier molecular flexibility index (Phi) is 3.71. The molecular weight excluding hydrogens is 383 g/mol. The zero-order valence-electron chi connectivity index (χ0n) is 5.94. The molecule has 0 atom stereocenters. The number of hydrogen-bond acceptors (Lipinski definition) is 1. The van der Waals surface area contributed by atoms with Crippen molar-refractivity contribution in [1.82, 2.24) is 0 Å². The van der Waals surface area contributed by atoms with Gasteiger partial charge in [0.15, 0.2) is 0 Å². The zero-order valence-corrected chi connectivity index (χ0v) is 10.3. The van der Waals surface area contributed by atoms with Crippen molar-refractivity contribution in [2.24, 2.45) is 0 Å². The van der Waals surface area contributed by atoms with Crippen molar-refractivity contribution < 1.29 is 4.39 Å². The average Bonchev–Trinajstić information content (AvgIpc) is 2.07. The van der Waals surface area contributed by atoms with Crippen LogP contribution in [0.4, 0.5) is 4.39 Å². The Labute approximate surface area is 97.2 Å². The van der Waals surface area contributed by atoms with Crippen LogP contribution in [0.1, 0.15) is 5.56 Å². The predicted molar refractivity (Wildman–Crippen MR) is 61.2 cm³/mol. The molecule has 0 bridgehead atoms. The lowest BCUT2D eigenvalue weighted by Crippen LogP contribution is -1.94. The molecule has 1 aromatic carbocycles. The van der Waals surface area contributed by atoms with Gasteiger partial charge in [0.05, 0.1) is 16.1 Å². The van der Waals surface area contributed by atoms with Gasteiger partial charge in [0, 0.05) is 9.13 Å². The van der Waals surface area contributed by atoms with E-state index in [2.05, 4.69) is 22.6 Å². The molecule has 0 spiro atoms. The number of rotatable bonds is 1. The highest BCUT2D eigenvalue weighted by Gasteiger charge is 2.08. The Morgan fingerprint density at radius 1 is 1.42 bits per heavy atom. The van der Waals surface area contributed by atoms with Crippen LogP contribution in [0.3, 0.4) is 0 Å². The van der Waals surface area contributed by atoms with Crippen LogP contribution < -0.4 is 0 Å². The molecule has 62 valence electrons. The van der Waals surface area contributed by atoms with Crippen LogP contribution in [0.5, 0.6) is 0 Å². The second kappa shape index (κ2) is 4.37. The maximum atomic E-state index is 13.3.